The van der Waals surface area contributed by atoms with Crippen molar-refractivity contribution < 1.29 is 14.3 Å². The van der Waals surface area contributed by atoms with E-state index < -0.39 is 5.91 Å². The lowest BCUT2D eigenvalue weighted by atomic mass is 9.98. The van der Waals surface area contributed by atoms with Crippen LogP contribution in [-0.4, -0.2) is 28.3 Å². The first-order valence-electron chi connectivity index (χ1n) is 9.16. The molecule has 3 aromatic rings. The third kappa shape index (κ3) is 4.44. The van der Waals surface area contributed by atoms with Gasteiger partial charge in [0.15, 0.2) is 5.75 Å². The number of pyridine rings is 2. The van der Waals surface area contributed by atoms with Gasteiger partial charge in [-0.15, -0.1) is 0 Å². The topological polar surface area (TPSA) is 98.4 Å². The highest BCUT2D eigenvalue weighted by atomic mass is 35.5. The number of nitrogens with two attached hydrogens (primary N) is 1. The number of halogens is 3. The van der Waals surface area contributed by atoms with Crippen LogP contribution in [0, 0.1) is 0 Å². The molecule has 10 heteroatoms. The summed E-state index contributed by atoms with van der Waals surface area (Å²) in [6.07, 6.45) is 4.55. The lowest BCUT2D eigenvalue weighted by molar-refractivity contribution is -0.117. The summed E-state index contributed by atoms with van der Waals surface area (Å²) in [5.74, 6) is 0.151. The average Bonchev–Trinajstić information content (AvgIpc) is 3.14. The standard InChI is InChI=1S/C21H15Cl3N4O3/c22-14-2-1-11(5-17(14)31-20-15(23)8-26-9-16(20)24)13-7-19(29)28(10-13)18-6-12(21(25)30)3-4-27-18/h1-6,8-9,13H,7,10H2,(H2,25,30)/t13-/m0/s1. The predicted molar refractivity (Wildman–Crippen MR) is 118 cm³/mol. The molecule has 158 valence electrons. The Morgan fingerprint density at radius 2 is 1.84 bits per heavy atom. The van der Waals surface area contributed by atoms with Gasteiger partial charge >= 0.3 is 0 Å². The maximum Gasteiger partial charge on any atom is 0.248 e. The Morgan fingerprint density at radius 3 is 2.55 bits per heavy atom. The second kappa shape index (κ2) is 8.70. The lowest BCUT2D eigenvalue weighted by Crippen LogP contribution is -2.26. The Hall–Kier alpha value is -2.87. The average molecular weight is 478 g/mol. The monoisotopic (exact) mass is 476 g/mol. The first kappa shape index (κ1) is 21.4. The minimum Gasteiger partial charge on any atom is -0.453 e. The maximum atomic E-state index is 12.6. The van der Waals surface area contributed by atoms with Gasteiger partial charge in [0.2, 0.25) is 11.8 Å². The Bertz CT molecular complexity index is 1170. The summed E-state index contributed by atoms with van der Waals surface area (Å²) in [6.45, 7) is 0.381. The van der Waals surface area contributed by atoms with Gasteiger partial charge < -0.3 is 10.5 Å². The molecule has 3 heterocycles. The zero-order valence-electron chi connectivity index (χ0n) is 15.9. The normalized spacial score (nSPS) is 15.9. The Morgan fingerprint density at radius 1 is 1.10 bits per heavy atom. The number of ether oxygens (including phenoxy) is 1. The summed E-state index contributed by atoms with van der Waals surface area (Å²) in [7, 11) is 0. The molecule has 0 unspecified atom stereocenters. The molecule has 2 N–H and O–H groups in total. The summed E-state index contributed by atoms with van der Waals surface area (Å²) in [6, 6.07) is 8.28. The van der Waals surface area contributed by atoms with Gasteiger partial charge in [-0.3, -0.25) is 19.5 Å². The highest BCUT2D eigenvalue weighted by Crippen LogP contribution is 2.40. The van der Waals surface area contributed by atoms with Crippen molar-refractivity contribution in [2.24, 2.45) is 5.73 Å². The summed E-state index contributed by atoms with van der Waals surface area (Å²) >= 11 is 18.6. The zero-order valence-corrected chi connectivity index (χ0v) is 18.2. The van der Waals surface area contributed by atoms with Gasteiger partial charge in [-0.1, -0.05) is 40.9 Å². The molecule has 0 spiro atoms. The molecule has 2 aromatic heterocycles. The van der Waals surface area contributed by atoms with E-state index in [4.69, 9.17) is 45.3 Å². The second-order valence-corrected chi connectivity index (χ2v) is 8.12. The highest BCUT2D eigenvalue weighted by molar-refractivity contribution is 6.37. The van der Waals surface area contributed by atoms with Gasteiger partial charge in [-0.2, -0.15) is 0 Å². The van der Waals surface area contributed by atoms with E-state index in [0.29, 0.717) is 23.1 Å². The van der Waals surface area contributed by atoms with E-state index in [1.807, 2.05) is 6.07 Å². The van der Waals surface area contributed by atoms with Crippen molar-refractivity contribution in [2.75, 3.05) is 11.4 Å². The molecular formula is C21H15Cl3N4O3. The molecule has 7 nitrogen and oxygen atoms in total. The van der Waals surface area contributed by atoms with Crippen LogP contribution < -0.4 is 15.4 Å². The number of aromatic nitrogens is 2. The van der Waals surface area contributed by atoms with Crippen molar-refractivity contribution in [2.45, 2.75) is 12.3 Å². The van der Waals surface area contributed by atoms with Crippen molar-refractivity contribution in [3.8, 4) is 11.5 Å². The number of hydrogen-bond acceptors (Lipinski definition) is 5. The Labute approximate surface area is 192 Å². The third-order valence-electron chi connectivity index (χ3n) is 4.88. The second-order valence-electron chi connectivity index (χ2n) is 6.90. The van der Waals surface area contributed by atoms with Crippen molar-refractivity contribution in [3.63, 3.8) is 0 Å². The van der Waals surface area contributed by atoms with Gasteiger partial charge in [0, 0.05) is 43.0 Å². The van der Waals surface area contributed by atoms with E-state index in [0.717, 1.165) is 5.56 Å². The quantitative estimate of drug-likeness (QED) is 0.566. The SMILES string of the molecule is NC(=O)c1ccnc(N2C[C@@H](c3ccc(Cl)c(Oc4c(Cl)cncc4Cl)c3)CC2=O)c1. The molecule has 0 aliphatic carbocycles. The number of carbonyl (C=O) groups is 2. The van der Waals surface area contributed by atoms with Gasteiger partial charge in [0.05, 0.1) is 5.02 Å². The van der Waals surface area contributed by atoms with E-state index in [2.05, 4.69) is 9.97 Å². The van der Waals surface area contributed by atoms with Crippen LogP contribution in [0.5, 0.6) is 11.5 Å². The molecule has 1 fully saturated rings. The van der Waals surface area contributed by atoms with E-state index in [-0.39, 0.29) is 39.6 Å². The van der Waals surface area contributed by atoms with Crippen LogP contribution in [0.3, 0.4) is 0 Å². The molecule has 4 rings (SSSR count). The van der Waals surface area contributed by atoms with Crippen LogP contribution in [0.1, 0.15) is 28.3 Å². The number of anilines is 1. The van der Waals surface area contributed by atoms with Gasteiger partial charge in [0.1, 0.15) is 21.6 Å². The minimum absolute atomic E-state index is 0.114. The maximum absolute atomic E-state index is 12.6. The molecule has 1 saturated heterocycles. The van der Waals surface area contributed by atoms with Crippen LogP contribution in [0.2, 0.25) is 15.1 Å². The van der Waals surface area contributed by atoms with Crippen LogP contribution >= 0.6 is 34.8 Å². The van der Waals surface area contributed by atoms with Crippen molar-refractivity contribution in [1.29, 1.82) is 0 Å². The molecule has 0 bridgehead atoms. The summed E-state index contributed by atoms with van der Waals surface area (Å²) in [5, 5.41) is 0.859. The number of hydrogen-bond donors (Lipinski definition) is 1. The van der Waals surface area contributed by atoms with Crippen LogP contribution in [-0.2, 0) is 4.79 Å². The van der Waals surface area contributed by atoms with Crippen molar-refractivity contribution in [1.82, 2.24) is 9.97 Å². The fourth-order valence-electron chi connectivity index (χ4n) is 3.33. The van der Waals surface area contributed by atoms with Crippen LogP contribution in [0.25, 0.3) is 0 Å². The molecular weight excluding hydrogens is 463 g/mol. The zero-order chi connectivity index (χ0) is 22.1. The van der Waals surface area contributed by atoms with E-state index in [9.17, 15) is 9.59 Å². The van der Waals surface area contributed by atoms with E-state index in [1.165, 1.54) is 35.6 Å². The molecule has 2 amide bonds. The van der Waals surface area contributed by atoms with Gasteiger partial charge in [0.25, 0.3) is 0 Å². The number of benzene rings is 1. The molecule has 1 aliphatic heterocycles. The summed E-state index contributed by atoms with van der Waals surface area (Å²) in [4.78, 5) is 33.7. The first-order valence-corrected chi connectivity index (χ1v) is 10.3. The van der Waals surface area contributed by atoms with Gasteiger partial charge in [-0.25, -0.2) is 4.98 Å². The first-order chi connectivity index (χ1) is 14.8. The molecule has 1 aromatic carbocycles. The molecule has 1 aliphatic rings. The fraction of sp³-hybridized carbons (Fsp3) is 0.143. The molecule has 0 radical (unpaired) electrons. The van der Waals surface area contributed by atoms with Gasteiger partial charge in [-0.05, 0) is 29.8 Å². The third-order valence-corrected chi connectivity index (χ3v) is 5.73. The number of nitrogens with zero attached hydrogens (tertiary/aromatic N) is 3. The van der Waals surface area contributed by atoms with E-state index >= 15 is 0 Å². The smallest absolute Gasteiger partial charge is 0.248 e. The molecule has 0 saturated carbocycles. The summed E-state index contributed by atoms with van der Waals surface area (Å²) < 4.78 is 5.85. The van der Waals surface area contributed by atoms with Crippen LogP contribution in [0.4, 0.5) is 5.82 Å². The Kier molecular flexibility index (Phi) is 6.00. The lowest BCUT2D eigenvalue weighted by Gasteiger charge is -2.17. The number of rotatable bonds is 5. The highest BCUT2D eigenvalue weighted by Gasteiger charge is 2.33. The number of primary amides is 1. The molecule has 31 heavy (non-hydrogen) atoms. The minimum atomic E-state index is -0.584. The Balaban J connectivity index is 1.59. The molecule has 1 atom stereocenters. The van der Waals surface area contributed by atoms with Crippen molar-refractivity contribution in [3.05, 3.63) is 75.1 Å². The summed E-state index contributed by atoms with van der Waals surface area (Å²) in [5.41, 5.74) is 6.47. The predicted octanol–water partition coefficient (Wildman–Crippen LogP) is 4.85. The van der Waals surface area contributed by atoms with Crippen molar-refractivity contribution >= 4 is 52.4 Å². The van der Waals surface area contributed by atoms with Crippen LogP contribution in [0.15, 0.2) is 48.9 Å². The van der Waals surface area contributed by atoms with E-state index in [1.54, 1.807) is 12.1 Å². The number of carbonyl (C=O) groups excluding carboxylic acids is 2. The fourth-order valence-corrected chi connectivity index (χ4v) is 3.93. The largest absolute Gasteiger partial charge is 0.453 e. The number of amides is 2.